The molecule has 1 aromatic rings. The second-order valence-electron chi connectivity index (χ2n) is 5.02. The Labute approximate surface area is 117 Å². The van der Waals surface area contributed by atoms with Gasteiger partial charge in [0.15, 0.2) is 0 Å². The SMILES string of the molecule is COc1ccc(N=[C](N2CCCC2)[In]([CH3])[CH3])cc1. The Morgan fingerprint density at radius 2 is 1.78 bits per heavy atom. The van der Waals surface area contributed by atoms with Crippen LogP contribution in [0.15, 0.2) is 29.3 Å². The zero-order valence-corrected chi connectivity index (χ0v) is 14.8. The third-order valence-electron chi connectivity index (χ3n) is 3.26. The van der Waals surface area contributed by atoms with Gasteiger partial charge in [-0.25, -0.2) is 0 Å². The monoisotopic (exact) mass is 348 g/mol. The van der Waals surface area contributed by atoms with E-state index in [1.54, 1.807) is 7.11 Å². The summed E-state index contributed by atoms with van der Waals surface area (Å²) in [5, 5.41) is 0. The molecule has 0 saturated carbocycles. The number of ether oxygens (including phenoxy) is 1. The molecule has 1 heterocycles. The van der Waals surface area contributed by atoms with E-state index in [0.717, 1.165) is 11.4 Å². The van der Waals surface area contributed by atoms with Crippen molar-refractivity contribution in [1.82, 2.24) is 4.90 Å². The van der Waals surface area contributed by atoms with E-state index in [-0.39, 0.29) is 0 Å². The fourth-order valence-corrected chi connectivity index (χ4v) is 6.28. The van der Waals surface area contributed by atoms with Crippen molar-refractivity contribution in [2.45, 2.75) is 22.2 Å². The first-order valence-corrected chi connectivity index (χ1v) is 14.9. The number of benzene rings is 1. The summed E-state index contributed by atoms with van der Waals surface area (Å²) in [5.74, 6) is 0.893. The Kier molecular flexibility index (Phi) is 4.98. The number of likely N-dealkylation sites (tertiary alicyclic amines) is 1. The van der Waals surface area contributed by atoms with Gasteiger partial charge in [0.05, 0.1) is 0 Å². The van der Waals surface area contributed by atoms with Crippen molar-refractivity contribution in [3.05, 3.63) is 24.3 Å². The summed E-state index contributed by atoms with van der Waals surface area (Å²) in [6, 6.07) is 8.05. The van der Waals surface area contributed by atoms with Crippen LogP contribution in [0.4, 0.5) is 5.69 Å². The number of amidine groups is 1. The molecular weight excluding hydrogens is 327 g/mol. The molecule has 1 saturated heterocycles. The quantitative estimate of drug-likeness (QED) is 0.619. The van der Waals surface area contributed by atoms with Gasteiger partial charge < -0.3 is 0 Å². The van der Waals surface area contributed by atoms with Gasteiger partial charge in [-0.3, -0.25) is 0 Å². The maximum atomic E-state index is 5.18. The summed E-state index contributed by atoms with van der Waals surface area (Å²) in [6.45, 7) is 2.40. The van der Waals surface area contributed by atoms with Gasteiger partial charge >= 0.3 is 118 Å². The minimum atomic E-state index is -1.57. The predicted molar refractivity (Wildman–Crippen MR) is 78.4 cm³/mol. The average Bonchev–Trinajstić information content (AvgIpc) is 2.90. The summed E-state index contributed by atoms with van der Waals surface area (Å²) in [4.78, 5) is 7.40. The third kappa shape index (κ3) is 3.44. The predicted octanol–water partition coefficient (Wildman–Crippen LogP) is 3.11. The number of methoxy groups -OCH3 is 1. The van der Waals surface area contributed by atoms with Crippen molar-refractivity contribution in [3.8, 4) is 5.75 Å². The number of aliphatic imine (C=N–C) groups is 1. The first kappa shape index (κ1) is 13.8. The van der Waals surface area contributed by atoms with Crippen LogP contribution < -0.4 is 4.74 Å². The Balaban J connectivity index is 2.20. The van der Waals surface area contributed by atoms with Crippen LogP contribution in [0.25, 0.3) is 0 Å². The fourth-order valence-electron chi connectivity index (χ4n) is 2.30. The summed E-state index contributed by atoms with van der Waals surface area (Å²) in [6.07, 6.45) is 2.64. The van der Waals surface area contributed by atoms with E-state index in [4.69, 9.17) is 9.73 Å². The molecule has 96 valence electrons. The van der Waals surface area contributed by atoms with Crippen molar-refractivity contribution < 1.29 is 4.74 Å². The molecule has 0 unspecified atom stereocenters. The summed E-state index contributed by atoms with van der Waals surface area (Å²) in [7, 11) is 1.69. The third-order valence-corrected chi connectivity index (χ3v) is 7.62. The van der Waals surface area contributed by atoms with E-state index in [9.17, 15) is 0 Å². The van der Waals surface area contributed by atoms with Crippen LogP contribution in [0.5, 0.6) is 5.75 Å². The van der Waals surface area contributed by atoms with Crippen molar-refractivity contribution in [2.24, 2.45) is 4.99 Å². The number of hydrogen-bond donors (Lipinski definition) is 0. The summed E-state index contributed by atoms with van der Waals surface area (Å²) < 4.78 is 11.4. The minimum absolute atomic E-state index is 0.893. The number of hydrogen-bond acceptors (Lipinski definition) is 2. The molecule has 0 aliphatic carbocycles. The van der Waals surface area contributed by atoms with Crippen LogP contribution in [-0.4, -0.2) is 50.1 Å². The van der Waals surface area contributed by atoms with Gasteiger partial charge in [-0.1, -0.05) is 0 Å². The van der Waals surface area contributed by atoms with E-state index >= 15 is 0 Å². The molecular formula is C14H21InN2O. The van der Waals surface area contributed by atoms with Gasteiger partial charge in [0.25, 0.3) is 0 Å². The standard InChI is InChI=1S/C12H15N2O.2CH3.In/c1-15-12-6-4-11(5-7-12)13-10-14-8-2-3-9-14;;;/h4-7H,2-3,8-9H2,1H3;2*1H3;. The van der Waals surface area contributed by atoms with Crippen LogP contribution in [0.3, 0.4) is 0 Å². The molecule has 0 spiro atoms. The molecule has 2 rings (SSSR count). The number of nitrogens with zero attached hydrogens (tertiary/aromatic N) is 2. The molecule has 0 atom stereocenters. The van der Waals surface area contributed by atoms with Gasteiger partial charge in [0.1, 0.15) is 0 Å². The molecule has 3 nitrogen and oxygen atoms in total. The molecule has 0 bridgehead atoms. The van der Waals surface area contributed by atoms with Gasteiger partial charge in [-0.05, 0) is 0 Å². The summed E-state index contributed by atoms with van der Waals surface area (Å²) in [5.41, 5.74) is 1.06. The van der Waals surface area contributed by atoms with Gasteiger partial charge in [0.2, 0.25) is 0 Å². The maximum absolute atomic E-state index is 5.18. The van der Waals surface area contributed by atoms with Crippen LogP contribution >= 0.6 is 0 Å². The average molecular weight is 348 g/mol. The molecule has 18 heavy (non-hydrogen) atoms. The van der Waals surface area contributed by atoms with Crippen molar-refractivity contribution in [2.75, 3.05) is 20.2 Å². The normalized spacial score (nSPS) is 15.9. The molecule has 0 N–H and O–H groups in total. The second-order valence-corrected chi connectivity index (χ2v) is 13.1. The Bertz CT molecular complexity index is 408. The number of rotatable bonds is 3. The molecule has 1 aliphatic rings. The fraction of sp³-hybridized carbons (Fsp3) is 0.500. The van der Waals surface area contributed by atoms with Crippen LogP contribution in [0.1, 0.15) is 12.8 Å². The van der Waals surface area contributed by atoms with E-state index in [0.29, 0.717) is 0 Å². The topological polar surface area (TPSA) is 24.8 Å². The van der Waals surface area contributed by atoms with E-state index in [1.165, 1.54) is 29.5 Å². The zero-order valence-electron chi connectivity index (χ0n) is 11.5. The Hall–Kier alpha value is -0.640. The molecule has 0 aromatic heterocycles. The molecule has 1 fully saturated rings. The molecule has 4 heteroatoms. The van der Waals surface area contributed by atoms with Gasteiger partial charge in [-0.2, -0.15) is 0 Å². The van der Waals surface area contributed by atoms with Crippen LogP contribution in [-0.2, 0) is 0 Å². The Morgan fingerprint density at radius 3 is 2.28 bits per heavy atom. The van der Waals surface area contributed by atoms with Crippen LogP contribution in [0.2, 0.25) is 9.36 Å². The zero-order chi connectivity index (χ0) is 13.0. The molecule has 0 amide bonds. The molecule has 1 aliphatic heterocycles. The first-order valence-electron chi connectivity index (χ1n) is 6.68. The van der Waals surface area contributed by atoms with Crippen molar-refractivity contribution >= 4 is 30.7 Å². The van der Waals surface area contributed by atoms with E-state index in [1.807, 2.05) is 24.3 Å². The van der Waals surface area contributed by atoms with Crippen LogP contribution in [0, 0.1) is 0 Å². The van der Waals surface area contributed by atoms with E-state index in [2.05, 4.69) is 14.3 Å². The summed E-state index contributed by atoms with van der Waals surface area (Å²) >= 11 is -1.57. The Morgan fingerprint density at radius 1 is 1.17 bits per heavy atom. The van der Waals surface area contributed by atoms with E-state index < -0.39 is 21.4 Å². The van der Waals surface area contributed by atoms with Gasteiger partial charge in [0, 0.05) is 0 Å². The second kappa shape index (κ2) is 6.50. The van der Waals surface area contributed by atoms with Crippen molar-refractivity contribution in [3.63, 3.8) is 0 Å². The molecule has 0 radical (unpaired) electrons. The first-order chi connectivity index (χ1) is 8.70. The van der Waals surface area contributed by atoms with Crippen molar-refractivity contribution in [1.29, 1.82) is 0 Å². The van der Waals surface area contributed by atoms with Gasteiger partial charge in [-0.15, -0.1) is 0 Å². The molecule has 1 aromatic carbocycles.